The standard InChI is InChI=1S/C13H10Cl2N2O3/c1-6-4-7(14)2-3-8(6)10-5-9(16)11(15)12(17-10)20-13(18)19/h2-5H,1H3,(H2,16,17)(H,18,19). The normalized spacial score (nSPS) is 10.3. The Kier molecular flexibility index (Phi) is 4.01. The van der Waals surface area contributed by atoms with Crippen molar-refractivity contribution in [2.45, 2.75) is 6.92 Å². The molecule has 1 heterocycles. The van der Waals surface area contributed by atoms with Gasteiger partial charge in [-0.05, 0) is 30.7 Å². The third-order valence-corrected chi connectivity index (χ3v) is 3.22. The fourth-order valence-corrected chi connectivity index (χ4v) is 2.09. The molecule has 7 heteroatoms. The lowest BCUT2D eigenvalue weighted by atomic mass is 10.1. The number of nitrogens with zero attached hydrogens (tertiary/aromatic N) is 1. The molecule has 0 fully saturated rings. The average Bonchev–Trinajstić information content (AvgIpc) is 2.34. The van der Waals surface area contributed by atoms with Crippen LogP contribution in [-0.4, -0.2) is 16.2 Å². The number of rotatable bonds is 2. The second-order valence-corrected chi connectivity index (χ2v) is 4.86. The number of carbonyl (C=O) groups is 1. The van der Waals surface area contributed by atoms with Gasteiger partial charge >= 0.3 is 6.16 Å². The summed E-state index contributed by atoms with van der Waals surface area (Å²) in [7, 11) is 0. The van der Waals surface area contributed by atoms with Gasteiger partial charge in [0.1, 0.15) is 5.02 Å². The highest BCUT2D eigenvalue weighted by Gasteiger charge is 2.15. The van der Waals surface area contributed by atoms with Crippen LogP contribution in [0.1, 0.15) is 5.56 Å². The first-order chi connectivity index (χ1) is 9.38. The van der Waals surface area contributed by atoms with Crippen LogP contribution in [0, 0.1) is 6.92 Å². The zero-order valence-electron chi connectivity index (χ0n) is 10.4. The summed E-state index contributed by atoms with van der Waals surface area (Å²) in [4.78, 5) is 14.7. The Balaban J connectivity index is 2.57. The molecule has 0 aliphatic carbocycles. The van der Waals surface area contributed by atoms with E-state index in [4.69, 9.17) is 34.0 Å². The van der Waals surface area contributed by atoms with Gasteiger partial charge in [-0.1, -0.05) is 29.3 Å². The van der Waals surface area contributed by atoms with Crippen molar-refractivity contribution in [3.63, 3.8) is 0 Å². The Morgan fingerprint density at radius 1 is 1.35 bits per heavy atom. The minimum absolute atomic E-state index is 0.0391. The molecule has 104 valence electrons. The third kappa shape index (κ3) is 2.95. The van der Waals surface area contributed by atoms with Crippen molar-refractivity contribution in [3.8, 4) is 17.1 Å². The number of hydrogen-bond acceptors (Lipinski definition) is 4. The summed E-state index contributed by atoms with van der Waals surface area (Å²) in [6, 6.07) is 6.78. The van der Waals surface area contributed by atoms with E-state index in [1.165, 1.54) is 0 Å². The van der Waals surface area contributed by atoms with Gasteiger partial charge in [0.2, 0.25) is 5.88 Å². The van der Waals surface area contributed by atoms with Crippen LogP contribution in [0.15, 0.2) is 24.3 Å². The van der Waals surface area contributed by atoms with E-state index in [2.05, 4.69) is 9.72 Å². The summed E-state index contributed by atoms with van der Waals surface area (Å²) >= 11 is 11.8. The molecule has 0 spiro atoms. The van der Waals surface area contributed by atoms with Crippen LogP contribution in [0.2, 0.25) is 10.0 Å². The quantitative estimate of drug-likeness (QED) is 0.818. The van der Waals surface area contributed by atoms with E-state index in [0.29, 0.717) is 10.7 Å². The first-order valence-corrected chi connectivity index (χ1v) is 6.27. The van der Waals surface area contributed by atoms with E-state index >= 15 is 0 Å². The molecule has 0 atom stereocenters. The molecule has 0 bridgehead atoms. The summed E-state index contributed by atoms with van der Waals surface area (Å²) in [6.45, 7) is 1.85. The fourth-order valence-electron chi connectivity index (χ4n) is 1.73. The Morgan fingerprint density at radius 2 is 2.05 bits per heavy atom. The molecule has 2 aromatic rings. The number of nitrogens with two attached hydrogens (primary N) is 1. The zero-order chi connectivity index (χ0) is 14.9. The van der Waals surface area contributed by atoms with Crippen LogP contribution in [0.5, 0.6) is 5.88 Å². The highest BCUT2D eigenvalue weighted by Crippen LogP contribution is 2.34. The molecule has 1 aromatic carbocycles. The lowest BCUT2D eigenvalue weighted by molar-refractivity contribution is 0.142. The van der Waals surface area contributed by atoms with Crippen molar-refractivity contribution in [3.05, 3.63) is 39.9 Å². The molecule has 0 amide bonds. The molecule has 0 aliphatic heterocycles. The topological polar surface area (TPSA) is 85.4 Å². The van der Waals surface area contributed by atoms with Crippen molar-refractivity contribution in [2.75, 3.05) is 5.73 Å². The summed E-state index contributed by atoms with van der Waals surface area (Å²) in [6.07, 6.45) is -1.51. The van der Waals surface area contributed by atoms with Gasteiger partial charge in [0.15, 0.2) is 0 Å². The highest BCUT2D eigenvalue weighted by molar-refractivity contribution is 6.34. The first-order valence-electron chi connectivity index (χ1n) is 5.52. The van der Waals surface area contributed by atoms with Gasteiger partial charge in [-0.3, -0.25) is 0 Å². The predicted octanol–water partition coefficient (Wildman–Crippen LogP) is 4.00. The number of pyridine rings is 1. The van der Waals surface area contributed by atoms with Crippen molar-refractivity contribution in [1.29, 1.82) is 0 Å². The number of hydrogen-bond donors (Lipinski definition) is 2. The maximum atomic E-state index is 10.6. The number of aromatic nitrogens is 1. The number of benzene rings is 1. The molecule has 3 N–H and O–H groups in total. The van der Waals surface area contributed by atoms with Crippen LogP contribution in [0.3, 0.4) is 0 Å². The van der Waals surface area contributed by atoms with Crippen LogP contribution < -0.4 is 10.5 Å². The SMILES string of the molecule is Cc1cc(Cl)ccc1-c1cc(N)c(Cl)c(OC(=O)O)n1. The molecular weight excluding hydrogens is 303 g/mol. The molecule has 20 heavy (non-hydrogen) atoms. The zero-order valence-corrected chi connectivity index (χ0v) is 11.9. The Bertz CT molecular complexity index is 690. The van der Waals surface area contributed by atoms with E-state index < -0.39 is 6.16 Å². The molecule has 0 aliphatic rings. The van der Waals surface area contributed by atoms with Crippen LogP contribution in [-0.2, 0) is 0 Å². The van der Waals surface area contributed by atoms with Gasteiger partial charge in [0, 0.05) is 10.6 Å². The van der Waals surface area contributed by atoms with Gasteiger partial charge in [-0.2, -0.15) is 0 Å². The van der Waals surface area contributed by atoms with Crippen LogP contribution in [0.4, 0.5) is 10.5 Å². The number of ether oxygens (including phenoxy) is 1. The molecule has 1 aromatic heterocycles. The van der Waals surface area contributed by atoms with Crippen molar-refractivity contribution < 1.29 is 14.6 Å². The van der Waals surface area contributed by atoms with Gasteiger partial charge < -0.3 is 15.6 Å². The van der Waals surface area contributed by atoms with Gasteiger partial charge in [0.25, 0.3) is 0 Å². The minimum Gasteiger partial charge on any atom is -0.449 e. The smallest absolute Gasteiger partial charge is 0.449 e. The van der Waals surface area contributed by atoms with E-state index in [1.807, 2.05) is 6.92 Å². The van der Waals surface area contributed by atoms with E-state index in [-0.39, 0.29) is 16.6 Å². The summed E-state index contributed by atoms with van der Waals surface area (Å²) in [5.41, 5.74) is 8.01. The molecule has 0 radical (unpaired) electrons. The second-order valence-electron chi connectivity index (χ2n) is 4.04. The highest BCUT2D eigenvalue weighted by atomic mass is 35.5. The van der Waals surface area contributed by atoms with Gasteiger partial charge in [-0.25, -0.2) is 9.78 Å². The van der Waals surface area contributed by atoms with Crippen molar-refractivity contribution in [1.82, 2.24) is 4.98 Å². The first kappa shape index (κ1) is 14.4. The van der Waals surface area contributed by atoms with Crippen molar-refractivity contribution in [2.24, 2.45) is 0 Å². The lowest BCUT2D eigenvalue weighted by Gasteiger charge is -2.10. The summed E-state index contributed by atoms with van der Waals surface area (Å²) in [5, 5.41) is 9.21. The number of nitrogen functional groups attached to an aromatic ring is 1. The maximum absolute atomic E-state index is 10.6. The molecule has 0 saturated carbocycles. The van der Waals surface area contributed by atoms with E-state index in [9.17, 15) is 4.79 Å². The van der Waals surface area contributed by atoms with Gasteiger partial charge in [0.05, 0.1) is 11.4 Å². The Labute approximate surface area is 124 Å². The average molecular weight is 313 g/mol. The minimum atomic E-state index is -1.51. The van der Waals surface area contributed by atoms with E-state index in [1.54, 1.807) is 24.3 Å². The number of anilines is 1. The fraction of sp³-hybridized carbons (Fsp3) is 0.0769. The predicted molar refractivity (Wildman–Crippen MR) is 77.5 cm³/mol. The lowest BCUT2D eigenvalue weighted by Crippen LogP contribution is -2.07. The molecule has 2 rings (SSSR count). The molecule has 5 nitrogen and oxygen atoms in total. The largest absolute Gasteiger partial charge is 0.512 e. The number of halogens is 2. The molecular formula is C13H10Cl2N2O3. The van der Waals surface area contributed by atoms with E-state index in [0.717, 1.165) is 11.1 Å². The molecule has 0 saturated heterocycles. The summed E-state index contributed by atoms with van der Waals surface area (Å²) in [5.74, 6) is -0.247. The second kappa shape index (κ2) is 5.56. The maximum Gasteiger partial charge on any atom is 0.512 e. The third-order valence-electron chi connectivity index (χ3n) is 2.60. The Hall–Kier alpha value is -1.98. The Morgan fingerprint density at radius 3 is 2.65 bits per heavy atom. The monoisotopic (exact) mass is 312 g/mol. The van der Waals surface area contributed by atoms with Gasteiger partial charge in [-0.15, -0.1) is 0 Å². The van der Waals surface area contributed by atoms with Crippen molar-refractivity contribution >= 4 is 35.0 Å². The summed E-state index contributed by atoms with van der Waals surface area (Å²) < 4.78 is 4.52. The number of carboxylic acid groups (broad SMARTS) is 1. The molecule has 0 unspecified atom stereocenters. The van der Waals surface area contributed by atoms with Crippen LogP contribution >= 0.6 is 23.2 Å². The number of aryl methyl sites for hydroxylation is 1. The van der Waals surface area contributed by atoms with Crippen LogP contribution in [0.25, 0.3) is 11.3 Å².